The van der Waals surface area contributed by atoms with E-state index in [0.717, 1.165) is 19.4 Å². The molecule has 2 aromatic rings. The average Bonchev–Trinajstić information content (AvgIpc) is 2.82. The van der Waals surface area contributed by atoms with Crippen LogP contribution in [-0.4, -0.2) is 21.5 Å². The molecule has 3 heterocycles. The second kappa shape index (κ2) is 3.68. The van der Waals surface area contributed by atoms with Gasteiger partial charge in [-0.2, -0.15) is 0 Å². The molecule has 1 aliphatic heterocycles. The van der Waals surface area contributed by atoms with E-state index in [9.17, 15) is 4.79 Å². The number of pyridine rings is 1. The van der Waals surface area contributed by atoms with Crippen molar-refractivity contribution in [2.24, 2.45) is 0 Å². The fourth-order valence-electron chi connectivity index (χ4n) is 2.07. The predicted octanol–water partition coefficient (Wildman–Crippen LogP) is 0.743. The van der Waals surface area contributed by atoms with Crippen molar-refractivity contribution in [2.75, 3.05) is 6.54 Å². The molecule has 1 saturated heterocycles. The number of hydrogen-bond acceptors (Lipinski definition) is 4. The summed E-state index contributed by atoms with van der Waals surface area (Å²) in [6.07, 6.45) is 3.79. The topological polar surface area (TPSA) is 70.7 Å². The van der Waals surface area contributed by atoms with Crippen LogP contribution < -0.4 is 10.9 Å². The minimum absolute atomic E-state index is 0.109. The Morgan fingerprint density at radius 1 is 1.44 bits per heavy atom. The summed E-state index contributed by atoms with van der Waals surface area (Å²) in [6, 6.07) is 3.64. The van der Waals surface area contributed by atoms with E-state index in [1.165, 1.54) is 0 Å². The molecular weight excluding hydrogens is 204 g/mol. The Bertz CT molecular complexity index is 571. The maximum atomic E-state index is 11.8. The van der Waals surface area contributed by atoms with Crippen molar-refractivity contribution in [1.82, 2.24) is 20.3 Å². The summed E-state index contributed by atoms with van der Waals surface area (Å²) < 4.78 is 0. The van der Waals surface area contributed by atoms with Gasteiger partial charge in [0, 0.05) is 6.20 Å². The van der Waals surface area contributed by atoms with Gasteiger partial charge < -0.3 is 10.3 Å². The van der Waals surface area contributed by atoms with Crippen molar-refractivity contribution in [3.8, 4) is 0 Å². The van der Waals surface area contributed by atoms with Gasteiger partial charge in [0.25, 0.3) is 5.56 Å². The van der Waals surface area contributed by atoms with Crippen molar-refractivity contribution >= 4 is 11.0 Å². The highest BCUT2D eigenvalue weighted by molar-refractivity contribution is 5.72. The molecule has 16 heavy (non-hydrogen) atoms. The van der Waals surface area contributed by atoms with E-state index in [0.29, 0.717) is 16.9 Å². The fourth-order valence-corrected chi connectivity index (χ4v) is 2.07. The second-order valence-corrected chi connectivity index (χ2v) is 3.97. The first-order valence-corrected chi connectivity index (χ1v) is 5.43. The van der Waals surface area contributed by atoms with Crippen LogP contribution in [0.4, 0.5) is 0 Å². The molecule has 2 N–H and O–H groups in total. The third-order valence-electron chi connectivity index (χ3n) is 2.89. The molecule has 5 heteroatoms. The Kier molecular flexibility index (Phi) is 2.18. The molecule has 0 aliphatic carbocycles. The third kappa shape index (κ3) is 1.49. The van der Waals surface area contributed by atoms with E-state index in [2.05, 4.69) is 20.3 Å². The molecule has 1 atom stereocenters. The van der Waals surface area contributed by atoms with E-state index in [4.69, 9.17) is 0 Å². The number of nitrogens with one attached hydrogen (secondary N) is 2. The molecule has 0 radical (unpaired) electrons. The van der Waals surface area contributed by atoms with Crippen LogP contribution in [0.2, 0.25) is 0 Å². The number of fused-ring (bicyclic) bond motifs is 1. The molecule has 82 valence electrons. The van der Waals surface area contributed by atoms with Crippen LogP contribution in [0.15, 0.2) is 23.1 Å². The van der Waals surface area contributed by atoms with Crippen LogP contribution >= 0.6 is 0 Å². The zero-order valence-corrected chi connectivity index (χ0v) is 8.73. The largest absolute Gasteiger partial charge is 0.309 e. The Labute approximate surface area is 91.9 Å². The van der Waals surface area contributed by atoms with Crippen LogP contribution in [0.25, 0.3) is 11.0 Å². The van der Waals surface area contributed by atoms with Crippen molar-refractivity contribution < 1.29 is 0 Å². The fraction of sp³-hybridized carbons (Fsp3) is 0.364. The van der Waals surface area contributed by atoms with Crippen LogP contribution in [0, 0.1) is 0 Å². The highest BCUT2D eigenvalue weighted by Gasteiger charge is 2.19. The molecular formula is C11H12N4O. The standard InChI is InChI=1S/C11H12N4O/c16-11-7-3-1-6-13-9(7)14-10(15-11)8-4-2-5-12-8/h1,3,6,8,12H,2,4-5H2,(H,13,14,15,16)/t8-/m1/s1. The van der Waals surface area contributed by atoms with E-state index in [-0.39, 0.29) is 11.6 Å². The number of aromatic amines is 1. The molecule has 1 aliphatic rings. The lowest BCUT2D eigenvalue weighted by Gasteiger charge is -2.09. The molecule has 5 nitrogen and oxygen atoms in total. The molecule has 0 amide bonds. The van der Waals surface area contributed by atoms with E-state index < -0.39 is 0 Å². The van der Waals surface area contributed by atoms with Crippen LogP contribution in [0.3, 0.4) is 0 Å². The summed E-state index contributed by atoms with van der Waals surface area (Å²) in [5, 5.41) is 3.85. The van der Waals surface area contributed by atoms with Gasteiger partial charge in [-0.1, -0.05) is 0 Å². The maximum Gasteiger partial charge on any atom is 0.260 e. The second-order valence-electron chi connectivity index (χ2n) is 3.97. The van der Waals surface area contributed by atoms with Crippen molar-refractivity contribution in [1.29, 1.82) is 0 Å². The summed E-state index contributed by atoms with van der Waals surface area (Å²) in [5.74, 6) is 0.703. The van der Waals surface area contributed by atoms with E-state index in [1.807, 2.05) is 0 Å². The number of aromatic nitrogens is 3. The summed E-state index contributed by atoms with van der Waals surface area (Å²) in [6.45, 7) is 0.981. The van der Waals surface area contributed by atoms with Crippen LogP contribution in [-0.2, 0) is 0 Å². The van der Waals surface area contributed by atoms with Gasteiger partial charge in [-0.3, -0.25) is 4.79 Å². The van der Waals surface area contributed by atoms with Gasteiger partial charge in [0.15, 0.2) is 5.65 Å². The van der Waals surface area contributed by atoms with Gasteiger partial charge in [0.2, 0.25) is 0 Å². The summed E-state index contributed by atoms with van der Waals surface area (Å²) in [7, 11) is 0. The zero-order valence-electron chi connectivity index (χ0n) is 8.73. The Morgan fingerprint density at radius 3 is 3.19 bits per heavy atom. The SMILES string of the molecule is O=c1[nH]c([C@H]2CCCN2)nc2ncccc12. The summed E-state index contributed by atoms with van der Waals surface area (Å²) >= 11 is 0. The molecule has 0 bridgehead atoms. The quantitative estimate of drug-likeness (QED) is 0.737. The predicted molar refractivity (Wildman–Crippen MR) is 60.1 cm³/mol. The maximum absolute atomic E-state index is 11.8. The van der Waals surface area contributed by atoms with Gasteiger partial charge in [-0.25, -0.2) is 9.97 Å². The van der Waals surface area contributed by atoms with Gasteiger partial charge in [0.05, 0.1) is 11.4 Å². The molecule has 0 unspecified atom stereocenters. The Morgan fingerprint density at radius 2 is 2.38 bits per heavy atom. The third-order valence-corrected chi connectivity index (χ3v) is 2.89. The molecule has 2 aromatic heterocycles. The minimum atomic E-state index is -0.109. The first kappa shape index (κ1) is 9.47. The lowest BCUT2D eigenvalue weighted by molar-refractivity contribution is 0.605. The average molecular weight is 216 g/mol. The lowest BCUT2D eigenvalue weighted by atomic mass is 10.2. The molecule has 1 fully saturated rings. The highest BCUT2D eigenvalue weighted by Crippen LogP contribution is 2.19. The minimum Gasteiger partial charge on any atom is -0.309 e. The van der Waals surface area contributed by atoms with Gasteiger partial charge in [-0.05, 0) is 31.5 Å². The van der Waals surface area contributed by atoms with Crippen LogP contribution in [0.1, 0.15) is 24.7 Å². The van der Waals surface area contributed by atoms with Gasteiger partial charge in [0.1, 0.15) is 5.82 Å². The summed E-state index contributed by atoms with van der Waals surface area (Å²) in [4.78, 5) is 23.1. The molecule has 0 spiro atoms. The number of nitrogens with zero attached hydrogens (tertiary/aromatic N) is 2. The van der Waals surface area contributed by atoms with Crippen molar-refractivity contribution in [3.05, 3.63) is 34.5 Å². The molecule has 3 rings (SSSR count). The van der Waals surface area contributed by atoms with Crippen LogP contribution in [0.5, 0.6) is 0 Å². The van der Waals surface area contributed by atoms with Gasteiger partial charge >= 0.3 is 0 Å². The smallest absolute Gasteiger partial charge is 0.260 e. The van der Waals surface area contributed by atoms with Crippen molar-refractivity contribution in [2.45, 2.75) is 18.9 Å². The van der Waals surface area contributed by atoms with Gasteiger partial charge in [-0.15, -0.1) is 0 Å². The van der Waals surface area contributed by atoms with Crippen molar-refractivity contribution in [3.63, 3.8) is 0 Å². The molecule has 0 aromatic carbocycles. The van der Waals surface area contributed by atoms with E-state index >= 15 is 0 Å². The number of H-pyrrole nitrogens is 1. The van der Waals surface area contributed by atoms with E-state index in [1.54, 1.807) is 18.3 Å². The normalized spacial score (nSPS) is 20.4. The zero-order chi connectivity index (χ0) is 11.0. The first-order valence-electron chi connectivity index (χ1n) is 5.43. The molecule has 0 saturated carbocycles. The highest BCUT2D eigenvalue weighted by atomic mass is 16.1. The lowest BCUT2D eigenvalue weighted by Crippen LogP contribution is -2.20. The Balaban J connectivity index is 2.17. The number of rotatable bonds is 1. The first-order chi connectivity index (χ1) is 7.84. The Hall–Kier alpha value is -1.75. The monoisotopic (exact) mass is 216 g/mol. The summed E-state index contributed by atoms with van der Waals surface area (Å²) in [5.41, 5.74) is 0.414. The number of hydrogen-bond donors (Lipinski definition) is 2.